The molecule has 0 amide bonds. The molecule has 0 saturated heterocycles. The molecule has 1 rings (SSSR count). The van der Waals surface area contributed by atoms with Gasteiger partial charge in [-0.15, -0.1) is 0 Å². The predicted molar refractivity (Wildman–Crippen MR) is 66.0 cm³/mol. The molecule has 6 heteroatoms. The largest absolute Gasteiger partial charge is 0.478 e. The molecule has 0 unspecified atom stereocenters. The van der Waals surface area contributed by atoms with Crippen LogP contribution in [0.25, 0.3) is 0 Å². The van der Waals surface area contributed by atoms with Crippen molar-refractivity contribution in [3.63, 3.8) is 0 Å². The molecule has 0 aliphatic carbocycles. The summed E-state index contributed by atoms with van der Waals surface area (Å²) in [6, 6.07) is 0. The number of aromatic nitrogens is 2. The Morgan fingerprint density at radius 2 is 2.06 bits per heavy atom. The summed E-state index contributed by atoms with van der Waals surface area (Å²) >= 11 is 0. The van der Waals surface area contributed by atoms with Crippen molar-refractivity contribution in [2.45, 2.75) is 26.8 Å². The van der Waals surface area contributed by atoms with Crippen molar-refractivity contribution >= 4 is 5.97 Å². The zero-order valence-corrected chi connectivity index (χ0v) is 11.1. The van der Waals surface area contributed by atoms with E-state index in [4.69, 9.17) is 14.6 Å². The SMILES string of the molecule is COCCCOCCn1nc(C)c(C(=O)O)c1C. The smallest absolute Gasteiger partial charge is 0.339 e. The molecule has 0 radical (unpaired) electrons. The molecular formula is C12H20N2O4. The Labute approximate surface area is 107 Å². The highest BCUT2D eigenvalue weighted by molar-refractivity contribution is 5.90. The molecule has 1 N–H and O–H groups in total. The molecule has 1 aromatic heterocycles. The Bertz CT molecular complexity index is 401. The first-order valence-electron chi connectivity index (χ1n) is 5.92. The van der Waals surface area contributed by atoms with Gasteiger partial charge in [0.15, 0.2) is 0 Å². The van der Waals surface area contributed by atoms with E-state index in [2.05, 4.69) is 5.10 Å². The van der Waals surface area contributed by atoms with Crippen LogP contribution in [0, 0.1) is 13.8 Å². The molecule has 102 valence electrons. The second kappa shape index (κ2) is 7.13. The first-order chi connectivity index (χ1) is 8.57. The quantitative estimate of drug-likeness (QED) is 0.709. The van der Waals surface area contributed by atoms with Crippen molar-refractivity contribution in [3.8, 4) is 0 Å². The van der Waals surface area contributed by atoms with Gasteiger partial charge in [-0.2, -0.15) is 5.10 Å². The highest BCUT2D eigenvalue weighted by Gasteiger charge is 2.17. The summed E-state index contributed by atoms with van der Waals surface area (Å²) in [6.45, 7) is 5.86. The number of ether oxygens (including phenoxy) is 2. The normalized spacial score (nSPS) is 10.8. The fourth-order valence-corrected chi connectivity index (χ4v) is 1.78. The van der Waals surface area contributed by atoms with E-state index < -0.39 is 5.97 Å². The maximum atomic E-state index is 11.0. The molecule has 0 saturated carbocycles. The third-order valence-electron chi connectivity index (χ3n) is 2.68. The predicted octanol–water partition coefficient (Wildman–Crippen LogP) is 1.25. The van der Waals surface area contributed by atoms with Gasteiger partial charge in [-0.25, -0.2) is 4.79 Å². The van der Waals surface area contributed by atoms with Crippen LogP contribution in [0.3, 0.4) is 0 Å². The highest BCUT2D eigenvalue weighted by Crippen LogP contribution is 2.12. The van der Waals surface area contributed by atoms with Crippen molar-refractivity contribution in [3.05, 3.63) is 17.0 Å². The molecule has 0 aliphatic rings. The Balaban J connectivity index is 2.44. The Morgan fingerprint density at radius 3 is 2.61 bits per heavy atom. The Morgan fingerprint density at radius 1 is 1.33 bits per heavy atom. The van der Waals surface area contributed by atoms with Crippen molar-refractivity contribution in [2.24, 2.45) is 0 Å². The fourth-order valence-electron chi connectivity index (χ4n) is 1.78. The minimum atomic E-state index is -0.933. The van der Waals surface area contributed by atoms with Crippen LogP contribution >= 0.6 is 0 Å². The van der Waals surface area contributed by atoms with E-state index in [0.717, 1.165) is 6.42 Å². The number of aromatic carboxylic acids is 1. The fraction of sp³-hybridized carbons (Fsp3) is 0.667. The summed E-state index contributed by atoms with van der Waals surface area (Å²) in [5.74, 6) is -0.933. The maximum Gasteiger partial charge on any atom is 0.339 e. The van der Waals surface area contributed by atoms with Gasteiger partial charge >= 0.3 is 5.97 Å². The van der Waals surface area contributed by atoms with Gasteiger partial charge in [-0.05, 0) is 20.3 Å². The number of rotatable bonds is 8. The highest BCUT2D eigenvalue weighted by atomic mass is 16.5. The number of hydrogen-bond acceptors (Lipinski definition) is 4. The van der Waals surface area contributed by atoms with E-state index in [1.165, 1.54) is 0 Å². The van der Waals surface area contributed by atoms with Crippen LogP contribution in [0.5, 0.6) is 0 Å². The number of carbonyl (C=O) groups is 1. The van der Waals surface area contributed by atoms with E-state index in [0.29, 0.717) is 37.8 Å². The summed E-state index contributed by atoms with van der Waals surface area (Å²) in [5, 5.41) is 13.2. The first-order valence-corrected chi connectivity index (χ1v) is 5.92. The standard InChI is InChI=1S/C12H20N2O4/c1-9-11(12(15)16)10(2)14(13-9)5-8-18-7-4-6-17-3/h4-8H2,1-3H3,(H,15,16). The lowest BCUT2D eigenvalue weighted by atomic mass is 10.2. The molecular weight excluding hydrogens is 236 g/mol. The molecule has 0 fully saturated rings. The van der Waals surface area contributed by atoms with Crippen LogP contribution in [-0.4, -0.2) is 47.8 Å². The summed E-state index contributed by atoms with van der Waals surface area (Å²) in [7, 11) is 1.66. The zero-order valence-electron chi connectivity index (χ0n) is 11.1. The topological polar surface area (TPSA) is 73.6 Å². The van der Waals surface area contributed by atoms with Gasteiger partial charge in [0, 0.05) is 20.3 Å². The molecule has 0 aliphatic heterocycles. The van der Waals surface area contributed by atoms with Gasteiger partial charge < -0.3 is 14.6 Å². The molecule has 1 aromatic rings. The molecule has 18 heavy (non-hydrogen) atoms. The summed E-state index contributed by atoms with van der Waals surface area (Å²) in [4.78, 5) is 11.0. The van der Waals surface area contributed by atoms with Crippen LogP contribution < -0.4 is 0 Å². The van der Waals surface area contributed by atoms with E-state index in [1.54, 1.807) is 25.6 Å². The number of methoxy groups -OCH3 is 1. The Hall–Kier alpha value is -1.40. The third kappa shape index (κ3) is 3.82. The number of aryl methyl sites for hydroxylation is 1. The van der Waals surface area contributed by atoms with E-state index >= 15 is 0 Å². The van der Waals surface area contributed by atoms with Gasteiger partial charge in [0.2, 0.25) is 0 Å². The third-order valence-corrected chi connectivity index (χ3v) is 2.68. The lowest BCUT2D eigenvalue weighted by molar-refractivity contribution is 0.0694. The molecule has 1 heterocycles. The molecule has 0 atom stereocenters. The lowest BCUT2D eigenvalue weighted by Gasteiger charge is -2.06. The number of nitrogens with zero attached hydrogens (tertiary/aromatic N) is 2. The minimum absolute atomic E-state index is 0.286. The Kier molecular flexibility index (Phi) is 5.80. The van der Waals surface area contributed by atoms with Crippen LogP contribution in [0.2, 0.25) is 0 Å². The summed E-state index contributed by atoms with van der Waals surface area (Å²) in [5.41, 5.74) is 1.49. The molecule has 0 bridgehead atoms. The van der Waals surface area contributed by atoms with Gasteiger partial charge in [-0.3, -0.25) is 4.68 Å². The average Bonchev–Trinajstić information content (AvgIpc) is 2.59. The average molecular weight is 256 g/mol. The van der Waals surface area contributed by atoms with Crippen molar-refractivity contribution in [1.29, 1.82) is 0 Å². The first kappa shape index (κ1) is 14.7. The second-order valence-electron chi connectivity index (χ2n) is 4.03. The summed E-state index contributed by atoms with van der Waals surface area (Å²) in [6.07, 6.45) is 0.855. The number of carboxylic acids is 1. The van der Waals surface area contributed by atoms with Crippen LogP contribution in [0.1, 0.15) is 28.2 Å². The molecule has 6 nitrogen and oxygen atoms in total. The lowest BCUT2D eigenvalue weighted by Crippen LogP contribution is -2.11. The van der Waals surface area contributed by atoms with Gasteiger partial charge in [0.1, 0.15) is 5.56 Å². The molecule has 0 aromatic carbocycles. The summed E-state index contributed by atoms with van der Waals surface area (Å²) < 4.78 is 12.0. The van der Waals surface area contributed by atoms with Gasteiger partial charge in [-0.1, -0.05) is 0 Å². The maximum absolute atomic E-state index is 11.0. The van der Waals surface area contributed by atoms with Crippen molar-refractivity contribution < 1.29 is 19.4 Å². The van der Waals surface area contributed by atoms with E-state index in [1.807, 2.05) is 0 Å². The van der Waals surface area contributed by atoms with Crippen molar-refractivity contribution in [2.75, 3.05) is 26.9 Å². The monoisotopic (exact) mass is 256 g/mol. The van der Waals surface area contributed by atoms with Gasteiger partial charge in [0.05, 0.1) is 24.5 Å². The van der Waals surface area contributed by atoms with Crippen molar-refractivity contribution in [1.82, 2.24) is 9.78 Å². The van der Waals surface area contributed by atoms with Crippen LogP contribution in [0.4, 0.5) is 0 Å². The number of carboxylic acid groups (broad SMARTS) is 1. The van der Waals surface area contributed by atoms with E-state index in [-0.39, 0.29) is 5.56 Å². The zero-order chi connectivity index (χ0) is 13.5. The van der Waals surface area contributed by atoms with Gasteiger partial charge in [0.25, 0.3) is 0 Å². The second-order valence-corrected chi connectivity index (χ2v) is 4.03. The molecule has 0 spiro atoms. The van der Waals surface area contributed by atoms with Crippen LogP contribution in [-0.2, 0) is 16.0 Å². The minimum Gasteiger partial charge on any atom is -0.478 e. The van der Waals surface area contributed by atoms with Crippen LogP contribution in [0.15, 0.2) is 0 Å². The number of hydrogen-bond donors (Lipinski definition) is 1. The van der Waals surface area contributed by atoms with E-state index in [9.17, 15) is 4.79 Å².